The van der Waals surface area contributed by atoms with Gasteiger partial charge in [0.2, 0.25) is 5.91 Å². The quantitative estimate of drug-likeness (QED) is 0.756. The molecule has 0 saturated carbocycles. The molecule has 2 heterocycles. The van der Waals surface area contributed by atoms with Crippen molar-refractivity contribution >= 4 is 22.6 Å². The minimum absolute atomic E-state index is 0.218. The third-order valence-corrected chi connectivity index (χ3v) is 4.99. The van der Waals surface area contributed by atoms with Gasteiger partial charge in [0.05, 0.1) is 11.7 Å². The Balaban J connectivity index is 2.17. The molecule has 0 aliphatic carbocycles. The van der Waals surface area contributed by atoms with Crippen LogP contribution in [0.5, 0.6) is 0 Å². The Bertz CT molecular complexity index is 1180. The standard InChI is InChI=1S/C21H23N5O2/c1-6-17(21(28)24-20-15(10-22)11-23-25(20)5)26-18(27)9-13(3)16-8-12(2)7-14(4)19(16)26/h7-9,11,17H,6H2,1-5H3,(H,24,28). The third-order valence-electron chi connectivity index (χ3n) is 4.99. The van der Waals surface area contributed by atoms with Crippen LogP contribution in [0.25, 0.3) is 10.9 Å². The summed E-state index contributed by atoms with van der Waals surface area (Å²) in [7, 11) is 1.65. The third kappa shape index (κ3) is 3.18. The van der Waals surface area contributed by atoms with E-state index in [1.54, 1.807) is 17.7 Å². The number of anilines is 1. The SMILES string of the molecule is CCC(C(=O)Nc1c(C#N)cnn1C)n1c(=O)cc(C)c2cc(C)cc(C)c21. The van der Waals surface area contributed by atoms with E-state index >= 15 is 0 Å². The average molecular weight is 377 g/mol. The summed E-state index contributed by atoms with van der Waals surface area (Å²) in [5.74, 6) is -0.0298. The van der Waals surface area contributed by atoms with Crippen molar-refractivity contribution in [2.24, 2.45) is 7.05 Å². The smallest absolute Gasteiger partial charge is 0.252 e. The van der Waals surface area contributed by atoms with Crippen LogP contribution in [0.2, 0.25) is 0 Å². The van der Waals surface area contributed by atoms with E-state index in [2.05, 4.69) is 10.4 Å². The van der Waals surface area contributed by atoms with Crippen LogP contribution in [0.3, 0.4) is 0 Å². The number of carbonyl (C=O) groups is 1. The first kappa shape index (κ1) is 19.4. The first-order valence-electron chi connectivity index (χ1n) is 9.14. The second-order valence-electron chi connectivity index (χ2n) is 7.07. The van der Waals surface area contributed by atoms with E-state index in [4.69, 9.17) is 0 Å². The van der Waals surface area contributed by atoms with E-state index in [9.17, 15) is 14.9 Å². The number of benzene rings is 1. The van der Waals surface area contributed by atoms with E-state index in [1.807, 2.05) is 45.9 Å². The molecule has 1 atom stereocenters. The highest BCUT2D eigenvalue weighted by atomic mass is 16.2. The fourth-order valence-electron chi connectivity index (χ4n) is 3.69. The van der Waals surface area contributed by atoms with Gasteiger partial charge in [-0.05, 0) is 44.4 Å². The number of carbonyl (C=O) groups excluding carboxylic acids is 1. The Kier molecular flexibility index (Phi) is 5.06. The molecule has 0 aliphatic rings. The number of hydrogen-bond donors (Lipinski definition) is 1. The number of aryl methyl sites for hydroxylation is 4. The Labute approximate surface area is 163 Å². The zero-order valence-corrected chi connectivity index (χ0v) is 16.7. The van der Waals surface area contributed by atoms with Crippen LogP contribution in [0.15, 0.2) is 29.2 Å². The average Bonchev–Trinajstić information content (AvgIpc) is 2.98. The van der Waals surface area contributed by atoms with Crippen LogP contribution in [0.1, 0.15) is 41.6 Å². The maximum absolute atomic E-state index is 13.1. The van der Waals surface area contributed by atoms with Gasteiger partial charge in [0.15, 0.2) is 0 Å². The minimum atomic E-state index is -0.710. The molecule has 1 N–H and O–H groups in total. The van der Waals surface area contributed by atoms with Crippen LogP contribution < -0.4 is 10.9 Å². The van der Waals surface area contributed by atoms with Gasteiger partial charge in [-0.25, -0.2) is 0 Å². The monoisotopic (exact) mass is 377 g/mol. The van der Waals surface area contributed by atoms with Gasteiger partial charge in [-0.1, -0.05) is 18.6 Å². The van der Waals surface area contributed by atoms with Crippen molar-refractivity contribution in [3.05, 3.63) is 57.0 Å². The Morgan fingerprint density at radius 1 is 1.25 bits per heavy atom. The van der Waals surface area contributed by atoms with Crippen molar-refractivity contribution in [3.8, 4) is 6.07 Å². The molecular formula is C21H23N5O2. The van der Waals surface area contributed by atoms with Gasteiger partial charge in [0, 0.05) is 18.5 Å². The molecule has 0 radical (unpaired) electrons. The number of hydrogen-bond acceptors (Lipinski definition) is 4. The summed E-state index contributed by atoms with van der Waals surface area (Å²) >= 11 is 0. The summed E-state index contributed by atoms with van der Waals surface area (Å²) in [5, 5.41) is 17.0. The van der Waals surface area contributed by atoms with Gasteiger partial charge in [0.1, 0.15) is 23.5 Å². The number of nitrogens with one attached hydrogen (secondary N) is 1. The first-order valence-corrected chi connectivity index (χ1v) is 9.14. The molecule has 1 aromatic carbocycles. The fourth-order valence-corrected chi connectivity index (χ4v) is 3.69. The summed E-state index contributed by atoms with van der Waals surface area (Å²) in [6.45, 7) is 7.73. The Morgan fingerprint density at radius 3 is 2.61 bits per heavy atom. The number of pyridine rings is 1. The summed E-state index contributed by atoms with van der Waals surface area (Å²) in [6, 6.07) is 6.92. The molecule has 2 aromatic heterocycles. The van der Waals surface area contributed by atoms with Crippen molar-refractivity contribution in [1.29, 1.82) is 5.26 Å². The zero-order valence-electron chi connectivity index (χ0n) is 16.7. The summed E-state index contributed by atoms with van der Waals surface area (Å²) in [6.07, 6.45) is 1.83. The minimum Gasteiger partial charge on any atom is -0.308 e. The molecule has 1 unspecified atom stereocenters. The van der Waals surface area contributed by atoms with Crippen molar-refractivity contribution in [2.75, 3.05) is 5.32 Å². The van der Waals surface area contributed by atoms with E-state index in [0.717, 1.165) is 27.6 Å². The topological polar surface area (TPSA) is 92.7 Å². The number of fused-ring (bicyclic) bond motifs is 1. The van der Waals surface area contributed by atoms with Gasteiger partial charge in [0.25, 0.3) is 5.56 Å². The van der Waals surface area contributed by atoms with Gasteiger partial charge >= 0.3 is 0 Å². The number of nitriles is 1. The lowest BCUT2D eigenvalue weighted by Gasteiger charge is -2.22. The Morgan fingerprint density at radius 2 is 1.96 bits per heavy atom. The van der Waals surface area contributed by atoms with Crippen molar-refractivity contribution in [3.63, 3.8) is 0 Å². The van der Waals surface area contributed by atoms with E-state index in [-0.39, 0.29) is 17.0 Å². The molecule has 144 valence electrons. The predicted octanol–water partition coefficient (Wildman–Crippen LogP) is 3.12. The normalized spacial score (nSPS) is 12.0. The second-order valence-corrected chi connectivity index (χ2v) is 7.07. The van der Waals surface area contributed by atoms with Gasteiger partial charge in [-0.3, -0.25) is 18.8 Å². The lowest BCUT2D eigenvalue weighted by atomic mass is 10.0. The van der Waals surface area contributed by atoms with E-state index < -0.39 is 6.04 Å². The van der Waals surface area contributed by atoms with Crippen LogP contribution in [-0.2, 0) is 11.8 Å². The number of amides is 1. The van der Waals surface area contributed by atoms with E-state index in [1.165, 1.54) is 10.9 Å². The summed E-state index contributed by atoms with van der Waals surface area (Å²) in [4.78, 5) is 26.0. The molecule has 3 aromatic rings. The first-order chi connectivity index (χ1) is 13.3. The van der Waals surface area contributed by atoms with Crippen LogP contribution >= 0.6 is 0 Å². The van der Waals surface area contributed by atoms with Crippen molar-refractivity contribution < 1.29 is 4.79 Å². The second kappa shape index (κ2) is 7.31. The predicted molar refractivity (Wildman–Crippen MR) is 108 cm³/mol. The molecular weight excluding hydrogens is 354 g/mol. The molecule has 0 bridgehead atoms. The van der Waals surface area contributed by atoms with Gasteiger partial charge < -0.3 is 5.32 Å². The number of nitrogens with zero attached hydrogens (tertiary/aromatic N) is 4. The number of aromatic nitrogens is 3. The molecule has 7 heteroatoms. The summed E-state index contributed by atoms with van der Waals surface area (Å²) in [5.41, 5.74) is 3.76. The van der Waals surface area contributed by atoms with Gasteiger partial charge in [-0.15, -0.1) is 0 Å². The molecule has 7 nitrogen and oxygen atoms in total. The molecule has 3 rings (SSSR count). The lowest BCUT2D eigenvalue weighted by molar-refractivity contribution is -0.119. The number of rotatable bonds is 4. The van der Waals surface area contributed by atoms with Crippen LogP contribution in [0, 0.1) is 32.1 Å². The fraction of sp³-hybridized carbons (Fsp3) is 0.333. The zero-order chi connectivity index (χ0) is 20.6. The Hall–Kier alpha value is -3.40. The maximum atomic E-state index is 13.1. The molecule has 0 fully saturated rings. The van der Waals surface area contributed by atoms with Crippen molar-refractivity contribution in [2.45, 2.75) is 40.2 Å². The molecule has 1 amide bonds. The molecule has 28 heavy (non-hydrogen) atoms. The highest BCUT2D eigenvalue weighted by Gasteiger charge is 2.25. The van der Waals surface area contributed by atoms with Gasteiger partial charge in [-0.2, -0.15) is 10.4 Å². The lowest BCUT2D eigenvalue weighted by Crippen LogP contribution is -2.34. The largest absolute Gasteiger partial charge is 0.308 e. The molecule has 0 spiro atoms. The maximum Gasteiger partial charge on any atom is 0.252 e. The summed E-state index contributed by atoms with van der Waals surface area (Å²) < 4.78 is 3.00. The molecule has 0 aliphatic heterocycles. The highest BCUT2D eigenvalue weighted by molar-refractivity contribution is 5.96. The van der Waals surface area contributed by atoms with E-state index in [0.29, 0.717) is 12.2 Å². The highest BCUT2D eigenvalue weighted by Crippen LogP contribution is 2.26. The van der Waals surface area contributed by atoms with Crippen LogP contribution in [0.4, 0.5) is 5.82 Å². The molecule has 0 saturated heterocycles. The van der Waals surface area contributed by atoms with Crippen molar-refractivity contribution in [1.82, 2.24) is 14.3 Å². The van der Waals surface area contributed by atoms with Crippen LogP contribution in [-0.4, -0.2) is 20.3 Å².